The van der Waals surface area contributed by atoms with Crippen LogP contribution in [-0.4, -0.2) is 40.0 Å². The molecule has 3 N–H and O–H groups in total. The zero-order valence-electron chi connectivity index (χ0n) is 13.5. The molecule has 1 heterocycles. The summed E-state index contributed by atoms with van der Waals surface area (Å²) < 4.78 is 27.2. The highest BCUT2D eigenvalue weighted by atomic mass is 35.5. The summed E-state index contributed by atoms with van der Waals surface area (Å²) in [5.74, 6) is 0.244. The number of carbonyl (C=O) groups excluding carboxylic acids is 1. The van der Waals surface area contributed by atoms with Crippen LogP contribution in [0.15, 0.2) is 29.2 Å². The SMILES string of the molecule is Cl.O=C(NC1CCCNC1)c1cccc(S(=O)(=O)NCC2CC2)c1. The highest BCUT2D eigenvalue weighted by molar-refractivity contribution is 7.89. The molecule has 8 heteroatoms. The summed E-state index contributed by atoms with van der Waals surface area (Å²) >= 11 is 0. The first-order valence-electron chi connectivity index (χ1n) is 8.16. The lowest BCUT2D eigenvalue weighted by Crippen LogP contribution is -2.45. The Morgan fingerprint density at radius 2 is 2.04 bits per heavy atom. The van der Waals surface area contributed by atoms with E-state index in [0.717, 1.165) is 38.8 Å². The molecule has 1 atom stereocenters. The van der Waals surface area contributed by atoms with Crippen molar-refractivity contribution < 1.29 is 13.2 Å². The second-order valence-electron chi connectivity index (χ2n) is 6.34. The van der Waals surface area contributed by atoms with Gasteiger partial charge in [-0.3, -0.25) is 4.79 Å². The molecule has 0 aromatic heterocycles. The number of amides is 1. The van der Waals surface area contributed by atoms with Crippen molar-refractivity contribution in [2.75, 3.05) is 19.6 Å². The van der Waals surface area contributed by atoms with Crippen LogP contribution in [0.3, 0.4) is 0 Å². The standard InChI is InChI=1S/C16H23N3O3S.ClH/c20-16(19-14-4-2-8-17-11-14)13-3-1-5-15(9-13)23(21,22)18-10-12-6-7-12;/h1,3,5,9,12,14,17-18H,2,4,6-8,10-11H2,(H,19,20);1H. The number of rotatable bonds is 6. The number of sulfonamides is 1. The number of carbonyl (C=O) groups is 1. The lowest BCUT2D eigenvalue weighted by Gasteiger charge is -2.23. The average Bonchev–Trinajstić information content (AvgIpc) is 3.38. The quantitative estimate of drug-likeness (QED) is 0.701. The Kier molecular flexibility index (Phi) is 6.62. The van der Waals surface area contributed by atoms with E-state index >= 15 is 0 Å². The topological polar surface area (TPSA) is 87.3 Å². The van der Waals surface area contributed by atoms with Crippen LogP contribution in [0.1, 0.15) is 36.0 Å². The van der Waals surface area contributed by atoms with Gasteiger partial charge in [0, 0.05) is 24.7 Å². The molecule has 0 bridgehead atoms. The Morgan fingerprint density at radius 1 is 1.25 bits per heavy atom. The Labute approximate surface area is 149 Å². The third-order valence-corrected chi connectivity index (χ3v) is 5.72. The van der Waals surface area contributed by atoms with Gasteiger partial charge in [-0.15, -0.1) is 12.4 Å². The maximum Gasteiger partial charge on any atom is 0.251 e. The molecular formula is C16H24ClN3O3S. The molecule has 134 valence electrons. The van der Waals surface area contributed by atoms with E-state index < -0.39 is 10.0 Å². The van der Waals surface area contributed by atoms with Gasteiger partial charge in [-0.1, -0.05) is 6.07 Å². The Morgan fingerprint density at radius 3 is 2.71 bits per heavy atom. The Hall–Kier alpha value is -1.15. The van der Waals surface area contributed by atoms with Gasteiger partial charge in [-0.2, -0.15) is 0 Å². The number of piperidine rings is 1. The molecule has 0 spiro atoms. The van der Waals surface area contributed by atoms with Crippen molar-refractivity contribution in [1.29, 1.82) is 0 Å². The van der Waals surface area contributed by atoms with Gasteiger partial charge in [0.15, 0.2) is 0 Å². The molecule has 1 aromatic carbocycles. The normalized spacial score (nSPS) is 20.9. The van der Waals surface area contributed by atoms with E-state index in [9.17, 15) is 13.2 Å². The summed E-state index contributed by atoms with van der Waals surface area (Å²) in [6.45, 7) is 2.21. The van der Waals surface area contributed by atoms with E-state index in [1.807, 2.05) is 0 Å². The zero-order chi connectivity index (χ0) is 16.3. The van der Waals surface area contributed by atoms with Crippen LogP contribution in [0.25, 0.3) is 0 Å². The predicted molar refractivity (Wildman–Crippen MR) is 95.0 cm³/mol. The van der Waals surface area contributed by atoms with Crippen molar-refractivity contribution in [3.63, 3.8) is 0 Å². The fourth-order valence-corrected chi connectivity index (χ4v) is 3.84. The van der Waals surface area contributed by atoms with Gasteiger partial charge >= 0.3 is 0 Å². The molecule has 1 aliphatic heterocycles. The zero-order valence-corrected chi connectivity index (χ0v) is 15.1. The molecule has 1 aromatic rings. The first kappa shape index (κ1) is 19.2. The fraction of sp³-hybridized carbons (Fsp3) is 0.562. The maximum atomic E-state index is 12.3. The monoisotopic (exact) mass is 373 g/mol. The van der Waals surface area contributed by atoms with Crippen LogP contribution in [-0.2, 0) is 10.0 Å². The second-order valence-corrected chi connectivity index (χ2v) is 8.11. The highest BCUT2D eigenvalue weighted by Crippen LogP contribution is 2.28. The number of nitrogens with one attached hydrogen (secondary N) is 3. The van der Waals surface area contributed by atoms with Gasteiger partial charge in [0.1, 0.15) is 0 Å². The number of hydrogen-bond donors (Lipinski definition) is 3. The van der Waals surface area contributed by atoms with Crippen molar-refractivity contribution in [3.8, 4) is 0 Å². The molecule has 1 saturated heterocycles. The van der Waals surface area contributed by atoms with Gasteiger partial charge in [0.25, 0.3) is 5.91 Å². The molecule has 24 heavy (non-hydrogen) atoms. The van der Waals surface area contributed by atoms with E-state index in [1.54, 1.807) is 12.1 Å². The second kappa shape index (κ2) is 8.29. The van der Waals surface area contributed by atoms with Gasteiger partial charge in [-0.25, -0.2) is 13.1 Å². The molecule has 1 amide bonds. The van der Waals surface area contributed by atoms with Crippen molar-refractivity contribution in [1.82, 2.24) is 15.4 Å². The van der Waals surface area contributed by atoms with Crippen LogP contribution in [0.2, 0.25) is 0 Å². The molecule has 3 rings (SSSR count). The molecule has 0 radical (unpaired) electrons. The molecule has 2 aliphatic rings. The minimum Gasteiger partial charge on any atom is -0.348 e. The smallest absolute Gasteiger partial charge is 0.251 e. The Balaban J connectivity index is 0.00000208. The Bertz CT molecular complexity index is 671. The van der Waals surface area contributed by atoms with Crippen molar-refractivity contribution >= 4 is 28.3 Å². The lowest BCUT2D eigenvalue weighted by molar-refractivity contribution is 0.0930. The van der Waals surface area contributed by atoms with E-state index in [1.165, 1.54) is 12.1 Å². The fourth-order valence-electron chi connectivity index (χ4n) is 2.68. The summed E-state index contributed by atoms with van der Waals surface area (Å²) in [6.07, 6.45) is 4.14. The lowest BCUT2D eigenvalue weighted by atomic mass is 10.1. The van der Waals surface area contributed by atoms with E-state index in [2.05, 4.69) is 15.4 Å². The largest absolute Gasteiger partial charge is 0.348 e. The minimum atomic E-state index is -3.55. The van der Waals surface area contributed by atoms with Gasteiger partial charge in [-0.05, 0) is 56.3 Å². The molecule has 1 aliphatic carbocycles. The third-order valence-electron chi connectivity index (χ3n) is 4.30. The van der Waals surface area contributed by atoms with Gasteiger partial charge < -0.3 is 10.6 Å². The van der Waals surface area contributed by atoms with Crippen LogP contribution < -0.4 is 15.4 Å². The number of benzene rings is 1. The molecule has 1 saturated carbocycles. The van der Waals surface area contributed by atoms with Gasteiger partial charge in [0.2, 0.25) is 10.0 Å². The first-order valence-corrected chi connectivity index (χ1v) is 9.64. The predicted octanol–water partition coefficient (Wildman–Crippen LogP) is 1.28. The van der Waals surface area contributed by atoms with Crippen LogP contribution in [0.4, 0.5) is 0 Å². The van der Waals surface area contributed by atoms with Crippen LogP contribution in [0, 0.1) is 5.92 Å². The van der Waals surface area contributed by atoms with Crippen LogP contribution >= 0.6 is 12.4 Å². The maximum absolute atomic E-state index is 12.3. The number of hydrogen-bond acceptors (Lipinski definition) is 4. The summed E-state index contributed by atoms with van der Waals surface area (Å²) in [4.78, 5) is 12.5. The molecule has 1 unspecified atom stereocenters. The highest BCUT2D eigenvalue weighted by Gasteiger charge is 2.25. The molecular weight excluding hydrogens is 350 g/mol. The van der Waals surface area contributed by atoms with Gasteiger partial charge in [0.05, 0.1) is 4.90 Å². The molecule has 2 fully saturated rings. The number of halogens is 1. The van der Waals surface area contributed by atoms with E-state index in [-0.39, 0.29) is 29.3 Å². The van der Waals surface area contributed by atoms with E-state index in [0.29, 0.717) is 18.0 Å². The van der Waals surface area contributed by atoms with Crippen molar-refractivity contribution in [2.45, 2.75) is 36.6 Å². The summed E-state index contributed by atoms with van der Waals surface area (Å²) in [5, 5.41) is 6.20. The van der Waals surface area contributed by atoms with Crippen LogP contribution in [0.5, 0.6) is 0 Å². The summed E-state index contributed by atoms with van der Waals surface area (Å²) in [7, 11) is -3.55. The minimum absolute atomic E-state index is 0. The van der Waals surface area contributed by atoms with E-state index in [4.69, 9.17) is 0 Å². The summed E-state index contributed by atoms with van der Waals surface area (Å²) in [5.41, 5.74) is 0.380. The third kappa shape index (κ3) is 5.17. The summed E-state index contributed by atoms with van der Waals surface area (Å²) in [6, 6.07) is 6.32. The average molecular weight is 374 g/mol. The molecule has 6 nitrogen and oxygen atoms in total. The first-order chi connectivity index (χ1) is 11.0. The van der Waals surface area contributed by atoms with Crippen molar-refractivity contribution in [3.05, 3.63) is 29.8 Å². The van der Waals surface area contributed by atoms with Crippen molar-refractivity contribution in [2.24, 2.45) is 5.92 Å².